The number of hydrogen-bond acceptors (Lipinski definition) is 4. The zero-order valence-corrected chi connectivity index (χ0v) is 10.5. The van der Waals surface area contributed by atoms with Gasteiger partial charge < -0.3 is 20.7 Å². The maximum absolute atomic E-state index is 12.3. The number of morpholine rings is 1. The Morgan fingerprint density at radius 1 is 1.59 bits per heavy atom. The smallest absolute Gasteiger partial charge is 0.253 e. The van der Waals surface area contributed by atoms with Gasteiger partial charge in [0, 0.05) is 32.2 Å². The van der Waals surface area contributed by atoms with Gasteiger partial charge in [-0.05, 0) is 18.8 Å². The van der Waals surface area contributed by atoms with Crippen LogP contribution in [0.4, 0.5) is 0 Å². The molecule has 0 aromatic rings. The second kappa shape index (κ2) is 5.80. The average molecular weight is 241 g/mol. The van der Waals surface area contributed by atoms with E-state index in [9.17, 15) is 4.79 Å². The lowest BCUT2D eigenvalue weighted by atomic mass is 9.92. The monoisotopic (exact) mass is 241 g/mol. The summed E-state index contributed by atoms with van der Waals surface area (Å²) >= 11 is 0. The van der Waals surface area contributed by atoms with E-state index in [0.717, 1.165) is 25.9 Å². The minimum atomic E-state index is -0.314. The normalized spacial score (nSPS) is 34.7. The number of amides is 1. The quantitative estimate of drug-likeness (QED) is 0.688. The molecule has 5 heteroatoms. The van der Waals surface area contributed by atoms with Crippen molar-refractivity contribution in [1.29, 1.82) is 0 Å². The van der Waals surface area contributed by atoms with Crippen LogP contribution in [-0.4, -0.2) is 55.7 Å². The molecule has 98 valence electrons. The number of piperidine rings is 1. The molecular weight excluding hydrogens is 218 g/mol. The topological polar surface area (TPSA) is 67.6 Å². The Morgan fingerprint density at radius 3 is 3.06 bits per heavy atom. The molecule has 1 amide bonds. The van der Waals surface area contributed by atoms with Crippen LogP contribution in [0.3, 0.4) is 0 Å². The number of nitrogens with one attached hydrogen (secondary N) is 1. The molecule has 17 heavy (non-hydrogen) atoms. The maximum Gasteiger partial charge on any atom is 0.253 e. The zero-order chi connectivity index (χ0) is 12.3. The van der Waals surface area contributed by atoms with Crippen molar-refractivity contribution in [2.24, 2.45) is 11.7 Å². The van der Waals surface area contributed by atoms with Gasteiger partial charge >= 0.3 is 0 Å². The molecule has 0 aromatic carbocycles. The Balaban J connectivity index is 1.96. The molecular formula is C12H23N3O2. The van der Waals surface area contributed by atoms with Crippen molar-refractivity contribution in [3.8, 4) is 0 Å². The lowest BCUT2D eigenvalue weighted by molar-refractivity contribution is -0.149. The zero-order valence-electron chi connectivity index (χ0n) is 10.5. The molecule has 0 aliphatic carbocycles. The van der Waals surface area contributed by atoms with E-state index in [4.69, 9.17) is 10.5 Å². The Morgan fingerprint density at radius 2 is 2.41 bits per heavy atom. The number of carbonyl (C=O) groups excluding carboxylic acids is 1. The summed E-state index contributed by atoms with van der Waals surface area (Å²) in [6, 6.07) is 0.191. The Hall–Kier alpha value is -0.650. The number of nitrogens with two attached hydrogens (primary N) is 1. The molecule has 0 aromatic heterocycles. The van der Waals surface area contributed by atoms with Gasteiger partial charge in [-0.2, -0.15) is 0 Å². The fourth-order valence-corrected chi connectivity index (χ4v) is 2.67. The second-order valence-electron chi connectivity index (χ2n) is 5.11. The van der Waals surface area contributed by atoms with Crippen molar-refractivity contribution in [2.75, 3.05) is 32.8 Å². The number of rotatable bonds is 2. The molecule has 2 aliphatic heterocycles. The summed E-state index contributed by atoms with van der Waals surface area (Å²) < 4.78 is 5.52. The highest BCUT2D eigenvalue weighted by molar-refractivity contribution is 5.81. The molecule has 2 rings (SSSR count). The van der Waals surface area contributed by atoms with Gasteiger partial charge in [0.2, 0.25) is 0 Å². The van der Waals surface area contributed by atoms with Crippen molar-refractivity contribution in [2.45, 2.75) is 31.9 Å². The fraction of sp³-hybridized carbons (Fsp3) is 0.917. The molecule has 5 nitrogen and oxygen atoms in total. The number of carbonyl (C=O) groups is 1. The molecule has 3 atom stereocenters. The van der Waals surface area contributed by atoms with Crippen molar-refractivity contribution in [1.82, 2.24) is 10.2 Å². The largest absolute Gasteiger partial charge is 0.366 e. The van der Waals surface area contributed by atoms with Gasteiger partial charge in [0.05, 0.1) is 6.61 Å². The van der Waals surface area contributed by atoms with E-state index in [-0.39, 0.29) is 18.1 Å². The number of likely N-dealkylation sites (tertiary alicyclic amines) is 1. The van der Waals surface area contributed by atoms with E-state index in [1.807, 2.05) is 4.90 Å². The Kier molecular flexibility index (Phi) is 4.36. The van der Waals surface area contributed by atoms with E-state index in [0.29, 0.717) is 25.6 Å². The summed E-state index contributed by atoms with van der Waals surface area (Å²) in [5.41, 5.74) is 5.77. The number of ether oxygens (including phenoxy) is 1. The van der Waals surface area contributed by atoms with E-state index in [1.165, 1.54) is 0 Å². The standard InChI is InChI=1S/C12H23N3O2/c1-9-2-4-15(10(6-9)7-13)12(16)11-8-14-3-5-17-11/h9-11,14H,2-8,13H2,1H3/t9?,10?,11-/m1/s1. The van der Waals surface area contributed by atoms with Gasteiger partial charge in [-0.15, -0.1) is 0 Å². The minimum Gasteiger partial charge on any atom is -0.366 e. The SMILES string of the molecule is CC1CCN(C(=O)[C@H]2CNCCO2)C(CN)C1. The lowest BCUT2D eigenvalue weighted by Crippen LogP contribution is -2.56. The van der Waals surface area contributed by atoms with E-state index in [1.54, 1.807) is 0 Å². The summed E-state index contributed by atoms with van der Waals surface area (Å²) in [7, 11) is 0. The van der Waals surface area contributed by atoms with Crippen LogP contribution in [0.5, 0.6) is 0 Å². The molecule has 0 bridgehead atoms. The highest BCUT2D eigenvalue weighted by atomic mass is 16.5. The lowest BCUT2D eigenvalue weighted by Gasteiger charge is -2.40. The first kappa shape index (κ1) is 12.8. The van der Waals surface area contributed by atoms with Crippen molar-refractivity contribution < 1.29 is 9.53 Å². The Bertz CT molecular complexity index is 266. The third-order valence-electron chi connectivity index (χ3n) is 3.74. The molecule has 3 N–H and O–H groups in total. The first-order chi connectivity index (χ1) is 8.22. The second-order valence-corrected chi connectivity index (χ2v) is 5.11. The van der Waals surface area contributed by atoms with Crippen molar-refractivity contribution in [3.63, 3.8) is 0 Å². The van der Waals surface area contributed by atoms with E-state index >= 15 is 0 Å². The summed E-state index contributed by atoms with van der Waals surface area (Å²) in [5, 5.41) is 3.19. The predicted octanol–water partition coefficient (Wildman–Crippen LogP) is -0.439. The highest BCUT2D eigenvalue weighted by Gasteiger charge is 2.33. The summed E-state index contributed by atoms with van der Waals surface area (Å²) in [5.74, 6) is 0.776. The first-order valence-corrected chi connectivity index (χ1v) is 6.55. The number of hydrogen-bond donors (Lipinski definition) is 2. The van der Waals surface area contributed by atoms with Crippen LogP contribution >= 0.6 is 0 Å². The van der Waals surface area contributed by atoms with Crippen molar-refractivity contribution >= 4 is 5.91 Å². The average Bonchev–Trinajstić information content (AvgIpc) is 2.39. The minimum absolute atomic E-state index is 0.111. The predicted molar refractivity (Wildman–Crippen MR) is 65.6 cm³/mol. The maximum atomic E-state index is 12.3. The molecule has 2 unspecified atom stereocenters. The Labute approximate surface area is 103 Å². The molecule has 0 spiro atoms. The van der Waals surface area contributed by atoms with Crippen LogP contribution < -0.4 is 11.1 Å². The number of nitrogens with zero attached hydrogens (tertiary/aromatic N) is 1. The summed E-state index contributed by atoms with van der Waals surface area (Å²) in [6.07, 6.45) is 1.77. The van der Waals surface area contributed by atoms with E-state index in [2.05, 4.69) is 12.2 Å². The van der Waals surface area contributed by atoms with Crippen LogP contribution in [0.25, 0.3) is 0 Å². The summed E-state index contributed by atoms with van der Waals surface area (Å²) in [4.78, 5) is 14.3. The van der Waals surface area contributed by atoms with Crippen LogP contribution in [0.2, 0.25) is 0 Å². The van der Waals surface area contributed by atoms with Crippen LogP contribution in [0.15, 0.2) is 0 Å². The van der Waals surface area contributed by atoms with Gasteiger partial charge in [-0.25, -0.2) is 0 Å². The van der Waals surface area contributed by atoms with Gasteiger partial charge in [-0.3, -0.25) is 4.79 Å². The van der Waals surface area contributed by atoms with Gasteiger partial charge in [0.25, 0.3) is 5.91 Å². The fourth-order valence-electron chi connectivity index (χ4n) is 2.67. The molecule has 2 aliphatic rings. The van der Waals surface area contributed by atoms with E-state index < -0.39 is 0 Å². The van der Waals surface area contributed by atoms with Gasteiger partial charge in [0.15, 0.2) is 0 Å². The van der Waals surface area contributed by atoms with Crippen molar-refractivity contribution in [3.05, 3.63) is 0 Å². The van der Waals surface area contributed by atoms with Gasteiger partial charge in [-0.1, -0.05) is 6.92 Å². The third-order valence-corrected chi connectivity index (χ3v) is 3.74. The third kappa shape index (κ3) is 2.97. The molecule has 2 fully saturated rings. The van der Waals surface area contributed by atoms with Crippen LogP contribution in [0, 0.1) is 5.92 Å². The van der Waals surface area contributed by atoms with Gasteiger partial charge in [0.1, 0.15) is 6.10 Å². The van der Waals surface area contributed by atoms with Crippen LogP contribution in [0.1, 0.15) is 19.8 Å². The molecule has 0 radical (unpaired) electrons. The molecule has 0 saturated carbocycles. The van der Waals surface area contributed by atoms with Crippen LogP contribution in [-0.2, 0) is 9.53 Å². The first-order valence-electron chi connectivity index (χ1n) is 6.55. The highest BCUT2D eigenvalue weighted by Crippen LogP contribution is 2.23. The molecule has 2 heterocycles. The molecule has 2 saturated heterocycles. The summed E-state index contributed by atoms with van der Waals surface area (Å²) in [6.45, 7) is 5.68.